The molecule has 0 radical (unpaired) electrons. The molecule has 0 unspecified atom stereocenters. The molecule has 29 heavy (non-hydrogen) atoms. The van der Waals surface area contributed by atoms with E-state index in [1.54, 1.807) is 0 Å². The number of hydrogen-bond donors (Lipinski definition) is 0. The van der Waals surface area contributed by atoms with Gasteiger partial charge in [-0.15, -0.1) is 24.8 Å². The van der Waals surface area contributed by atoms with Crippen molar-refractivity contribution in [1.29, 1.82) is 0 Å². The SMILES string of the molecule is CC(C)C1(C2=[C]([Zr][C]3=C(C4(C(C)C)CCCC4)C=CC3)CC=C2)CCCC1.Cl.Cl. The third-order valence-electron chi connectivity index (χ3n) is 8.44. The van der Waals surface area contributed by atoms with Gasteiger partial charge < -0.3 is 0 Å². The Kier molecular flexibility index (Phi) is 9.17. The average molecular weight is 515 g/mol. The van der Waals surface area contributed by atoms with Gasteiger partial charge in [-0.3, -0.25) is 0 Å². The topological polar surface area (TPSA) is 0 Å². The van der Waals surface area contributed by atoms with E-state index in [0.717, 1.165) is 11.8 Å². The fourth-order valence-corrected chi connectivity index (χ4v) is 11.0. The molecule has 0 aromatic carbocycles. The minimum Gasteiger partial charge on any atom is -0.147 e. The maximum absolute atomic E-state index is 2.57. The maximum Gasteiger partial charge on any atom is -0.147 e. The Morgan fingerprint density at radius 2 is 1.00 bits per heavy atom. The summed E-state index contributed by atoms with van der Waals surface area (Å²) in [6, 6.07) is 0. The summed E-state index contributed by atoms with van der Waals surface area (Å²) in [5.74, 6) is 1.58. The second kappa shape index (κ2) is 10.4. The Morgan fingerprint density at radius 3 is 1.31 bits per heavy atom. The molecule has 0 bridgehead atoms. The largest absolute Gasteiger partial charge is 0.147 e. The van der Waals surface area contributed by atoms with E-state index in [1.807, 2.05) is 17.7 Å². The van der Waals surface area contributed by atoms with Gasteiger partial charge in [0.15, 0.2) is 0 Å². The molecule has 0 amide bonds. The molecule has 0 aromatic rings. The third-order valence-corrected chi connectivity index (χ3v) is 12.3. The van der Waals surface area contributed by atoms with Crippen LogP contribution < -0.4 is 0 Å². The summed E-state index contributed by atoms with van der Waals surface area (Å²) >= 11 is -0.648. The Bertz CT molecular complexity index is 636. The Labute approximate surface area is 203 Å². The predicted molar refractivity (Wildman–Crippen MR) is 128 cm³/mol. The number of allylic oxidation sites excluding steroid dienone is 8. The van der Waals surface area contributed by atoms with E-state index in [-0.39, 0.29) is 24.8 Å². The van der Waals surface area contributed by atoms with E-state index in [9.17, 15) is 0 Å². The van der Waals surface area contributed by atoms with Crippen LogP contribution in [-0.4, -0.2) is 0 Å². The van der Waals surface area contributed by atoms with Crippen LogP contribution in [0.25, 0.3) is 0 Å². The van der Waals surface area contributed by atoms with Crippen molar-refractivity contribution in [3.63, 3.8) is 0 Å². The van der Waals surface area contributed by atoms with E-state index in [0.29, 0.717) is 10.8 Å². The Hall–Kier alpha value is 0.423. The van der Waals surface area contributed by atoms with Crippen molar-refractivity contribution < 1.29 is 23.2 Å². The molecule has 2 saturated carbocycles. The molecule has 2 fully saturated rings. The van der Waals surface area contributed by atoms with Crippen molar-refractivity contribution in [1.82, 2.24) is 0 Å². The number of rotatable bonds is 6. The van der Waals surface area contributed by atoms with Crippen LogP contribution in [-0.2, 0) is 23.2 Å². The summed E-state index contributed by atoms with van der Waals surface area (Å²) in [6.45, 7) is 9.95. The second-order valence-electron chi connectivity index (χ2n) is 10.2. The van der Waals surface area contributed by atoms with Crippen LogP contribution in [0.3, 0.4) is 0 Å². The first-order valence-electron chi connectivity index (χ1n) is 11.6. The van der Waals surface area contributed by atoms with Crippen LogP contribution in [0.4, 0.5) is 0 Å². The molecule has 4 aliphatic carbocycles. The summed E-state index contributed by atoms with van der Waals surface area (Å²) in [4.78, 5) is 0. The van der Waals surface area contributed by atoms with Crippen LogP contribution in [0.2, 0.25) is 0 Å². The standard InChI is InChI=1S/2C13H19.2ClH.Zr/c2*1-11(2)13(9-5-6-10-13)12-7-3-4-8-12;;;/h2*3,7,11H,4-6,9-10H2,1-2H3;2*1H;. The van der Waals surface area contributed by atoms with Crippen LogP contribution in [0.5, 0.6) is 0 Å². The normalized spacial score (nSPS) is 24.6. The Balaban J connectivity index is 0.00000150. The van der Waals surface area contributed by atoms with E-state index in [2.05, 4.69) is 52.0 Å². The summed E-state index contributed by atoms with van der Waals surface area (Å²) < 4.78 is 3.87. The van der Waals surface area contributed by atoms with Gasteiger partial charge in [0.2, 0.25) is 0 Å². The predicted octanol–water partition coefficient (Wildman–Crippen LogP) is 8.77. The smallest absolute Gasteiger partial charge is 0.147 e. The van der Waals surface area contributed by atoms with Gasteiger partial charge >= 0.3 is 180 Å². The zero-order chi connectivity index (χ0) is 19.1. The molecule has 3 heteroatoms. The summed E-state index contributed by atoms with van der Waals surface area (Å²) in [6.07, 6.45) is 24.2. The van der Waals surface area contributed by atoms with E-state index in [1.165, 1.54) is 64.2 Å². The molecular weight excluding hydrogens is 474 g/mol. The van der Waals surface area contributed by atoms with Crippen LogP contribution in [0.1, 0.15) is 91.9 Å². The molecule has 4 aliphatic rings. The molecule has 0 atom stereocenters. The zero-order valence-corrected chi connectivity index (χ0v) is 22.9. The van der Waals surface area contributed by atoms with Gasteiger partial charge in [0.25, 0.3) is 0 Å². The average Bonchev–Trinajstić information content (AvgIpc) is 3.42. The molecule has 0 spiro atoms. The molecule has 0 N–H and O–H groups in total. The van der Waals surface area contributed by atoms with Gasteiger partial charge in [-0.05, 0) is 0 Å². The van der Waals surface area contributed by atoms with Crippen molar-refractivity contribution in [2.75, 3.05) is 0 Å². The maximum atomic E-state index is 2.57. The van der Waals surface area contributed by atoms with Crippen molar-refractivity contribution in [2.24, 2.45) is 22.7 Å². The molecule has 0 aromatic heterocycles. The molecule has 0 aliphatic heterocycles. The number of hydrogen-bond acceptors (Lipinski definition) is 0. The zero-order valence-electron chi connectivity index (χ0n) is 18.9. The first-order chi connectivity index (χ1) is 13.0. The number of halogens is 2. The van der Waals surface area contributed by atoms with Crippen LogP contribution in [0, 0.1) is 22.7 Å². The summed E-state index contributed by atoms with van der Waals surface area (Å²) in [5.41, 5.74) is 4.67. The fraction of sp³-hybridized carbons (Fsp3) is 0.692. The second-order valence-corrected chi connectivity index (χ2v) is 13.7. The molecule has 162 valence electrons. The minimum atomic E-state index is -0.648. The summed E-state index contributed by atoms with van der Waals surface area (Å²) in [7, 11) is 0. The van der Waals surface area contributed by atoms with Gasteiger partial charge in [-0.1, -0.05) is 0 Å². The first kappa shape index (κ1) is 25.7. The Morgan fingerprint density at radius 1 is 0.655 bits per heavy atom. The molecule has 0 saturated heterocycles. The minimum absolute atomic E-state index is 0. The monoisotopic (exact) mass is 512 g/mol. The van der Waals surface area contributed by atoms with Crippen LogP contribution in [0.15, 0.2) is 42.0 Å². The van der Waals surface area contributed by atoms with Crippen molar-refractivity contribution in [3.05, 3.63) is 42.0 Å². The third kappa shape index (κ3) is 4.50. The van der Waals surface area contributed by atoms with E-state index in [4.69, 9.17) is 0 Å². The van der Waals surface area contributed by atoms with Crippen molar-refractivity contribution in [2.45, 2.75) is 91.9 Å². The van der Waals surface area contributed by atoms with Crippen molar-refractivity contribution >= 4 is 24.8 Å². The van der Waals surface area contributed by atoms with Crippen LogP contribution >= 0.6 is 24.8 Å². The molecule has 0 heterocycles. The quantitative estimate of drug-likeness (QED) is 0.332. The van der Waals surface area contributed by atoms with Gasteiger partial charge in [0.1, 0.15) is 0 Å². The van der Waals surface area contributed by atoms with Gasteiger partial charge in [0.05, 0.1) is 0 Å². The van der Waals surface area contributed by atoms with E-state index >= 15 is 0 Å². The molecule has 0 nitrogen and oxygen atoms in total. The first-order valence-corrected chi connectivity index (χ1v) is 14.0. The van der Waals surface area contributed by atoms with Gasteiger partial charge in [-0.25, -0.2) is 0 Å². The molecular formula is C26H40Cl2Zr. The van der Waals surface area contributed by atoms with Gasteiger partial charge in [0, 0.05) is 0 Å². The van der Waals surface area contributed by atoms with Crippen molar-refractivity contribution in [3.8, 4) is 0 Å². The summed E-state index contributed by atoms with van der Waals surface area (Å²) in [5, 5.41) is 0. The fourth-order valence-electron chi connectivity index (χ4n) is 6.69. The van der Waals surface area contributed by atoms with E-state index < -0.39 is 23.2 Å². The molecule has 4 rings (SSSR count). The van der Waals surface area contributed by atoms with Gasteiger partial charge in [-0.2, -0.15) is 0 Å².